The maximum atomic E-state index is 12.6. The fourth-order valence-electron chi connectivity index (χ4n) is 5.91. The van der Waals surface area contributed by atoms with Crippen LogP contribution in [0, 0.1) is 0 Å². The zero-order chi connectivity index (χ0) is 41.8. The van der Waals surface area contributed by atoms with Gasteiger partial charge in [-0.2, -0.15) is 0 Å². The first kappa shape index (κ1) is 52.4. The summed E-state index contributed by atoms with van der Waals surface area (Å²) in [6.07, 6.45) is 40.7. The Kier molecular flexibility index (Phi) is 32.5. The normalized spacial score (nSPS) is 17.8. The van der Waals surface area contributed by atoms with Gasteiger partial charge in [-0.15, -0.1) is 0 Å². The quantitative estimate of drug-likeness (QED) is 0.0175. The number of carbonyl (C=O) groups is 3. The van der Waals surface area contributed by atoms with Crippen LogP contribution in [0.15, 0.2) is 48.6 Å². The minimum absolute atomic E-state index is 0.0824. The summed E-state index contributed by atoms with van der Waals surface area (Å²) in [5.41, 5.74) is 5.33. The smallest absolute Gasteiger partial charge is 0.472 e. The molecule has 1 heterocycles. The van der Waals surface area contributed by atoms with Crippen molar-refractivity contribution in [2.75, 3.05) is 19.8 Å². The van der Waals surface area contributed by atoms with Crippen molar-refractivity contribution in [2.24, 2.45) is 5.73 Å². The van der Waals surface area contributed by atoms with E-state index in [1.54, 1.807) is 0 Å². The maximum absolute atomic E-state index is 12.6. The highest BCUT2D eigenvalue weighted by molar-refractivity contribution is 7.47. The van der Waals surface area contributed by atoms with E-state index in [0.717, 1.165) is 57.8 Å². The molecule has 13 heteroatoms. The lowest BCUT2D eigenvalue weighted by atomic mass is 10.1. The maximum Gasteiger partial charge on any atom is 0.472 e. The molecular formula is C44H76NO11P. The molecule has 0 amide bonds. The third-order valence-electron chi connectivity index (χ3n) is 9.47. The summed E-state index contributed by atoms with van der Waals surface area (Å²) < 4.78 is 38.4. The second-order valence-electron chi connectivity index (χ2n) is 14.9. The number of unbranched alkanes of at least 4 members (excludes halogenated alkanes) is 14. The molecule has 12 nitrogen and oxygen atoms in total. The van der Waals surface area contributed by atoms with E-state index in [9.17, 15) is 23.8 Å². The number of hydrogen-bond acceptors (Lipinski definition) is 10. The largest absolute Gasteiger partial charge is 0.480 e. The summed E-state index contributed by atoms with van der Waals surface area (Å²) in [5, 5.41) is 8.89. The molecule has 4 N–H and O–H groups in total. The van der Waals surface area contributed by atoms with E-state index in [1.807, 2.05) is 12.2 Å². The van der Waals surface area contributed by atoms with Crippen LogP contribution in [0.25, 0.3) is 0 Å². The number of phosphoric acid groups is 1. The van der Waals surface area contributed by atoms with Gasteiger partial charge in [-0.05, 0) is 70.6 Å². The van der Waals surface area contributed by atoms with E-state index in [4.69, 9.17) is 29.6 Å². The van der Waals surface area contributed by atoms with Gasteiger partial charge in [0.05, 0.1) is 25.4 Å². The highest BCUT2D eigenvalue weighted by Gasteiger charge is 2.36. The number of esters is 2. The van der Waals surface area contributed by atoms with Crippen molar-refractivity contribution in [3.8, 4) is 0 Å². The van der Waals surface area contributed by atoms with E-state index in [0.29, 0.717) is 31.5 Å². The van der Waals surface area contributed by atoms with Gasteiger partial charge in [0.25, 0.3) is 0 Å². The first-order chi connectivity index (χ1) is 27.6. The number of nitrogens with two attached hydrogens (primary N) is 1. The minimum atomic E-state index is -4.74. The second kappa shape index (κ2) is 35.4. The lowest BCUT2D eigenvalue weighted by Gasteiger charge is -2.20. The lowest BCUT2D eigenvalue weighted by Crippen LogP contribution is -2.34. The van der Waals surface area contributed by atoms with Crippen LogP contribution in [-0.4, -0.2) is 72.1 Å². The third-order valence-corrected chi connectivity index (χ3v) is 10.4. The molecule has 1 aliphatic heterocycles. The molecule has 0 radical (unpaired) electrons. The molecule has 1 saturated heterocycles. The van der Waals surface area contributed by atoms with Crippen molar-refractivity contribution in [1.82, 2.24) is 0 Å². The predicted molar refractivity (Wildman–Crippen MR) is 226 cm³/mol. The fourth-order valence-corrected chi connectivity index (χ4v) is 6.69. The number of carbonyl (C=O) groups excluding carboxylic acids is 2. The van der Waals surface area contributed by atoms with E-state index in [2.05, 4.69) is 54.8 Å². The standard InChI is InChI=1S/C44H76NO11P/c1-3-5-7-8-9-10-11-12-13-14-15-16-17-18-23-26-30-34-43(47)55-38(36-53-57(50,51)54-37-39(45)44(48)49)35-52-42(46)33-29-25-22-20-19-21-24-28-32-41-40(56-41)31-27-6-4-2/h12-13,15-16,18,23-24,28,38-41H,3-11,14,17,19-22,25-27,29-37,45H2,1-2H3,(H,48,49)(H,50,51)/b13-12-,16-15-,23-18-,28-24-/t38-,39+,40?,41?/m1/s1. The number of epoxide rings is 1. The Balaban J connectivity index is 2.33. The number of ether oxygens (including phenoxy) is 3. The molecule has 0 bridgehead atoms. The zero-order valence-corrected chi connectivity index (χ0v) is 36.0. The van der Waals surface area contributed by atoms with Gasteiger partial charge in [0, 0.05) is 12.8 Å². The predicted octanol–water partition coefficient (Wildman–Crippen LogP) is 10.4. The monoisotopic (exact) mass is 826 g/mol. The number of carboxylic acids is 1. The number of carboxylic acid groups (broad SMARTS) is 1. The summed E-state index contributed by atoms with van der Waals surface area (Å²) >= 11 is 0. The molecule has 57 heavy (non-hydrogen) atoms. The van der Waals surface area contributed by atoms with Gasteiger partial charge in [-0.3, -0.25) is 23.4 Å². The van der Waals surface area contributed by atoms with Crippen molar-refractivity contribution >= 4 is 25.7 Å². The zero-order valence-electron chi connectivity index (χ0n) is 35.1. The average molecular weight is 826 g/mol. The Labute approximate surface area is 343 Å². The highest BCUT2D eigenvalue weighted by Crippen LogP contribution is 2.43. The van der Waals surface area contributed by atoms with Gasteiger partial charge in [-0.25, -0.2) is 4.57 Å². The molecule has 0 aromatic carbocycles. The molecule has 1 aliphatic rings. The Bertz CT molecular complexity index is 1220. The van der Waals surface area contributed by atoms with E-state index in [1.165, 1.54) is 64.2 Å². The van der Waals surface area contributed by atoms with Crippen molar-refractivity contribution in [3.63, 3.8) is 0 Å². The second-order valence-corrected chi connectivity index (χ2v) is 16.3. The van der Waals surface area contributed by atoms with Crippen molar-refractivity contribution in [3.05, 3.63) is 48.6 Å². The number of allylic oxidation sites excluding steroid dienone is 7. The van der Waals surface area contributed by atoms with E-state index in [-0.39, 0.29) is 19.4 Å². The molecule has 0 aromatic heterocycles. The van der Waals surface area contributed by atoms with Crippen molar-refractivity contribution in [2.45, 2.75) is 192 Å². The molecule has 3 unspecified atom stereocenters. The van der Waals surface area contributed by atoms with Crippen LogP contribution >= 0.6 is 7.82 Å². The van der Waals surface area contributed by atoms with Crippen LogP contribution in [0.5, 0.6) is 0 Å². The number of rotatable bonds is 39. The van der Waals surface area contributed by atoms with Gasteiger partial charge in [0.1, 0.15) is 12.6 Å². The Morgan fingerprint density at radius 1 is 0.649 bits per heavy atom. The van der Waals surface area contributed by atoms with Crippen LogP contribution in [0.4, 0.5) is 0 Å². The Morgan fingerprint density at radius 3 is 1.82 bits per heavy atom. The van der Waals surface area contributed by atoms with Crippen LogP contribution in [-0.2, 0) is 42.2 Å². The summed E-state index contributed by atoms with van der Waals surface area (Å²) in [6, 6.07) is -1.53. The van der Waals surface area contributed by atoms with Crippen LogP contribution < -0.4 is 5.73 Å². The molecule has 1 fully saturated rings. The van der Waals surface area contributed by atoms with Gasteiger partial charge in [-0.1, -0.05) is 133 Å². The van der Waals surface area contributed by atoms with E-state index >= 15 is 0 Å². The number of aliphatic carboxylic acids is 1. The summed E-state index contributed by atoms with van der Waals surface area (Å²) in [5.74, 6) is -2.47. The average Bonchev–Trinajstić information content (AvgIpc) is 3.94. The number of phosphoric ester groups is 1. The Hall–Kier alpha value is -2.60. The molecular weight excluding hydrogens is 749 g/mol. The first-order valence-electron chi connectivity index (χ1n) is 21.8. The molecule has 0 spiro atoms. The summed E-state index contributed by atoms with van der Waals surface area (Å²) in [6.45, 7) is 2.69. The van der Waals surface area contributed by atoms with Crippen LogP contribution in [0.1, 0.15) is 168 Å². The lowest BCUT2D eigenvalue weighted by molar-refractivity contribution is -0.161. The Morgan fingerprint density at radius 2 is 1.18 bits per heavy atom. The van der Waals surface area contributed by atoms with Gasteiger partial charge >= 0.3 is 25.7 Å². The van der Waals surface area contributed by atoms with E-state index < -0.39 is 51.1 Å². The number of hydrogen-bond donors (Lipinski definition) is 3. The van der Waals surface area contributed by atoms with Crippen LogP contribution in [0.2, 0.25) is 0 Å². The molecule has 0 saturated carbocycles. The van der Waals surface area contributed by atoms with Crippen molar-refractivity contribution < 1.29 is 52.2 Å². The van der Waals surface area contributed by atoms with Crippen LogP contribution in [0.3, 0.4) is 0 Å². The summed E-state index contributed by atoms with van der Waals surface area (Å²) in [7, 11) is -4.74. The first-order valence-corrected chi connectivity index (χ1v) is 23.3. The van der Waals surface area contributed by atoms with Gasteiger partial charge in [0.2, 0.25) is 0 Å². The minimum Gasteiger partial charge on any atom is -0.480 e. The highest BCUT2D eigenvalue weighted by atomic mass is 31.2. The molecule has 0 aliphatic carbocycles. The fraction of sp³-hybridized carbons (Fsp3) is 0.750. The molecule has 5 atom stereocenters. The molecule has 328 valence electrons. The molecule has 0 aromatic rings. The van der Waals surface area contributed by atoms with Crippen molar-refractivity contribution in [1.29, 1.82) is 0 Å². The topological polar surface area (TPSA) is 184 Å². The van der Waals surface area contributed by atoms with Gasteiger partial charge < -0.3 is 29.9 Å². The SMILES string of the molecule is CCCCCCCC/C=C\C/C=C\C/C=C\CCCC(=O)O[C@H](COC(=O)CCCCCCC/C=C\CC1OC1CCCCC)COP(=O)(O)OC[C@H](N)C(=O)O. The summed E-state index contributed by atoms with van der Waals surface area (Å²) in [4.78, 5) is 45.9. The molecule has 1 rings (SSSR count). The third kappa shape index (κ3) is 33.0. The van der Waals surface area contributed by atoms with Gasteiger partial charge in [0.15, 0.2) is 6.10 Å².